The second kappa shape index (κ2) is 17.7. The van der Waals surface area contributed by atoms with Crippen molar-refractivity contribution < 1.29 is 22.7 Å². The van der Waals surface area contributed by atoms with Gasteiger partial charge in [0.15, 0.2) is 0 Å². The van der Waals surface area contributed by atoms with Crippen molar-refractivity contribution in [2.75, 3.05) is 24.0 Å². The van der Waals surface area contributed by atoms with Crippen molar-refractivity contribution in [2.24, 2.45) is 0 Å². The molecule has 1 unspecified atom stereocenters. The van der Waals surface area contributed by atoms with Gasteiger partial charge in [0.05, 0.1) is 17.2 Å². The largest absolute Gasteiger partial charge is 0.494 e. The normalized spacial score (nSPS) is 11.9. The maximum atomic E-state index is 14.6. The van der Waals surface area contributed by atoms with Gasteiger partial charge in [0.1, 0.15) is 18.3 Å². The van der Waals surface area contributed by atoms with E-state index in [1.807, 2.05) is 44.2 Å². The molecule has 0 bridgehead atoms. The number of anilines is 1. The third kappa shape index (κ3) is 9.75. The molecule has 0 aliphatic rings. The van der Waals surface area contributed by atoms with E-state index < -0.39 is 28.5 Å². The van der Waals surface area contributed by atoms with Gasteiger partial charge in [0.2, 0.25) is 11.8 Å². The summed E-state index contributed by atoms with van der Waals surface area (Å²) in [5.74, 6) is -0.436. The number of rotatable bonds is 16. The van der Waals surface area contributed by atoms with Gasteiger partial charge in [-0.05, 0) is 79.6 Å². The first-order valence-corrected chi connectivity index (χ1v) is 18.6. The van der Waals surface area contributed by atoms with Crippen molar-refractivity contribution in [3.05, 3.63) is 123 Å². The van der Waals surface area contributed by atoms with Crippen LogP contribution >= 0.6 is 39.1 Å². The molecule has 254 valence electrons. The summed E-state index contributed by atoms with van der Waals surface area (Å²) in [6.07, 6.45) is 1.80. The minimum atomic E-state index is -4.26. The molecule has 2 amide bonds. The highest BCUT2D eigenvalue weighted by atomic mass is 79.9. The molecule has 12 heteroatoms. The highest BCUT2D eigenvalue weighted by Crippen LogP contribution is 2.30. The molecule has 0 spiro atoms. The fourth-order valence-corrected chi connectivity index (χ4v) is 7.25. The Bertz CT molecular complexity index is 1760. The standard InChI is InChI=1S/C36H38BrCl2N3O5S/c1-3-5-22-40-36(44)34(23-26-10-7-6-8-11-26)41(24-31-32(38)12-9-13-33(31)39)35(43)25-42(28-16-18-29(19-17-28)47-4-2)48(45,46)30-20-14-27(37)15-21-30/h6-21,34H,3-5,22-25H2,1-2H3,(H,40,44). The highest BCUT2D eigenvalue weighted by molar-refractivity contribution is 9.10. The Morgan fingerprint density at radius 1 is 0.875 bits per heavy atom. The summed E-state index contributed by atoms with van der Waals surface area (Å²) in [4.78, 5) is 29.9. The number of unbranched alkanes of at least 4 members (excludes halogenated alkanes) is 1. The van der Waals surface area contributed by atoms with E-state index in [2.05, 4.69) is 21.2 Å². The van der Waals surface area contributed by atoms with Crippen LogP contribution in [0.1, 0.15) is 37.8 Å². The fourth-order valence-electron chi connectivity index (χ4n) is 5.05. The second-order valence-corrected chi connectivity index (χ2v) is 14.6. The third-order valence-corrected chi connectivity index (χ3v) is 10.6. The van der Waals surface area contributed by atoms with Crippen LogP contribution in [0.5, 0.6) is 5.75 Å². The Kier molecular flexibility index (Phi) is 13.8. The molecule has 0 heterocycles. The van der Waals surface area contributed by atoms with Crippen LogP contribution in [0, 0.1) is 0 Å². The smallest absolute Gasteiger partial charge is 0.264 e. The number of nitrogens with one attached hydrogen (secondary N) is 1. The molecule has 4 aromatic carbocycles. The lowest BCUT2D eigenvalue weighted by molar-refractivity contribution is -0.140. The average molecular weight is 776 g/mol. The van der Waals surface area contributed by atoms with Gasteiger partial charge in [0.25, 0.3) is 10.0 Å². The maximum Gasteiger partial charge on any atom is 0.264 e. The molecule has 4 rings (SSSR count). The van der Waals surface area contributed by atoms with Gasteiger partial charge in [-0.3, -0.25) is 13.9 Å². The first kappa shape index (κ1) is 37.3. The SMILES string of the molecule is CCCCNC(=O)C(Cc1ccccc1)N(Cc1c(Cl)cccc1Cl)C(=O)CN(c1ccc(OCC)cc1)S(=O)(=O)c1ccc(Br)cc1. The molecule has 1 atom stereocenters. The molecule has 0 radical (unpaired) electrons. The van der Waals surface area contributed by atoms with Gasteiger partial charge in [-0.15, -0.1) is 0 Å². The minimum Gasteiger partial charge on any atom is -0.494 e. The Hall–Kier alpha value is -3.57. The molecule has 0 aliphatic heterocycles. The van der Waals surface area contributed by atoms with Crippen molar-refractivity contribution >= 4 is 66.7 Å². The Labute approximate surface area is 301 Å². The van der Waals surface area contributed by atoms with E-state index in [-0.39, 0.29) is 29.5 Å². The van der Waals surface area contributed by atoms with Crippen molar-refractivity contribution in [2.45, 2.75) is 50.6 Å². The van der Waals surface area contributed by atoms with Crippen LogP contribution < -0.4 is 14.4 Å². The molecular weight excluding hydrogens is 737 g/mol. The van der Waals surface area contributed by atoms with Crippen LogP contribution in [-0.2, 0) is 32.6 Å². The molecule has 0 fully saturated rings. The van der Waals surface area contributed by atoms with Crippen LogP contribution in [0.4, 0.5) is 5.69 Å². The maximum absolute atomic E-state index is 14.6. The summed E-state index contributed by atoms with van der Waals surface area (Å²) >= 11 is 16.5. The van der Waals surface area contributed by atoms with Crippen molar-refractivity contribution in [3.63, 3.8) is 0 Å². The van der Waals surface area contributed by atoms with Crippen LogP contribution in [0.25, 0.3) is 0 Å². The first-order chi connectivity index (χ1) is 23.0. The van der Waals surface area contributed by atoms with Crippen molar-refractivity contribution in [3.8, 4) is 5.75 Å². The predicted molar refractivity (Wildman–Crippen MR) is 195 cm³/mol. The van der Waals surface area contributed by atoms with Crippen molar-refractivity contribution in [1.82, 2.24) is 10.2 Å². The number of carbonyl (C=O) groups is 2. The number of sulfonamides is 1. The monoisotopic (exact) mass is 773 g/mol. The molecule has 1 N–H and O–H groups in total. The lowest BCUT2D eigenvalue weighted by Gasteiger charge is -2.34. The summed E-state index contributed by atoms with van der Waals surface area (Å²) in [6, 6.07) is 26.0. The molecular formula is C36H38BrCl2N3O5S. The summed E-state index contributed by atoms with van der Waals surface area (Å²) in [5, 5.41) is 3.60. The van der Waals surface area contributed by atoms with Gasteiger partial charge >= 0.3 is 0 Å². The topological polar surface area (TPSA) is 96.0 Å². The van der Waals surface area contributed by atoms with E-state index >= 15 is 0 Å². The Morgan fingerprint density at radius 3 is 2.12 bits per heavy atom. The highest BCUT2D eigenvalue weighted by Gasteiger charge is 2.35. The van der Waals surface area contributed by atoms with Gasteiger partial charge in [-0.2, -0.15) is 0 Å². The second-order valence-electron chi connectivity index (χ2n) is 11.0. The zero-order chi connectivity index (χ0) is 34.7. The summed E-state index contributed by atoms with van der Waals surface area (Å²) in [6.45, 7) is 3.98. The number of carbonyl (C=O) groups excluding carboxylic acids is 2. The number of hydrogen-bond donors (Lipinski definition) is 1. The van der Waals surface area contributed by atoms with Crippen molar-refractivity contribution in [1.29, 1.82) is 0 Å². The lowest BCUT2D eigenvalue weighted by atomic mass is 10.0. The van der Waals surface area contributed by atoms with E-state index in [0.29, 0.717) is 39.0 Å². The Morgan fingerprint density at radius 2 is 1.52 bits per heavy atom. The first-order valence-electron chi connectivity index (χ1n) is 15.6. The molecule has 8 nitrogen and oxygen atoms in total. The van der Waals surface area contributed by atoms with E-state index in [1.165, 1.54) is 17.0 Å². The number of halogens is 3. The average Bonchev–Trinajstić information content (AvgIpc) is 3.07. The molecule has 0 aliphatic carbocycles. The van der Waals surface area contributed by atoms with Gasteiger partial charge in [0, 0.05) is 39.6 Å². The van der Waals surface area contributed by atoms with Crippen LogP contribution in [0.15, 0.2) is 106 Å². The van der Waals surface area contributed by atoms with Gasteiger partial charge in [-0.1, -0.05) is 88.9 Å². The number of ether oxygens (including phenoxy) is 1. The fraction of sp³-hybridized carbons (Fsp3) is 0.278. The molecule has 0 saturated heterocycles. The molecule has 0 aromatic heterocycles. The summed E-state index contributed by atoms with van der Waals surface area (Å²) < 4.78 is 35.8. The van der Waals surface area contributed by atoms with Gasteiger partial charge in [-0.25, -0.2) is 8.42 Å². The zero-order valence-corrected chi connectivity index (χ0v) is 30.7. The van der Waals surface area contributed by atoms with Crippen LogP contribution in [0.2, 0.25) is 10.0 Å². The molecule has 0 saturated carbocycles. The minimum absolute atomic E-state index is 0.00812. The molecule has 4 aromatic rings. The van der Waals surface area contributed by atoms with E-state index in [9.17, 15) is 18.0 Å². The zero-order valence-electron chi connectivity index (χ0n) is 26.7. The van der Waals surface area contributed by atoms with Crippen LogP contribution in [0.3, 0.4) is 0 Å². The number of nitrogens with zero attached hydrogens (tertiary/aromatic N) is 2. The predicted octanol–water partition coefficient (Wildman–Crippen LogP) is 7.91. The summed E-state index contributed by atoms with van der Waals surface area (Å²) in [5.41, 5.74) is 1.51. The Balaban J connectivity index is 1.82. The quantitative estimate of drug-likeness (QED) is 0.117. The number of hydrogen-bond acceptors (Lipinski definition) is 5. The van der Waals surface area contributed by atoms with Crippen LogP contribution in [-0.4, -0.2) is 50.9 Å². The van der Waals surface area contributed by atoms with E-state index in [4.69, 9.17) is 27.9 Å². The third-order valence-electron chi connectivity index (χ3n) is 7.61. The lowest BCUT2D eigenvalue weighted by Crippen LogP contribution is -2.53. The number of benzene rings is 4. The van der Waals surface area contributed by atoms with Gasteiger partial charge < -0.3 is 15.0 Å². The molecule has 48 heavy (non-hydrogen) atoms. The number of amides is 2. The van der Waals surface area contributed by atoms with E-state index in [1.54, 1.807) is 54.6 Å². The summed E-state index contributed by atoms with van der Waals surface area (Å²) in [7, 11) is -4.26. The van der Waals surface area contributed by atoms with E-state index in [0.717, 1.165) is 22.7 Å².